The molecule has 11 heteroatoms. The summed E-state index contributed by atoms with van der Waals surface area (Å²) in [7, 11) is 1.81. The standard InChI is InChI=1S/C23H21BrN6O2S2/c1-14(25-21(32)16-6-4-3-5-7-16)20-28-29-23(30(20)2)34-13-19(31)27-22-26-18(12-33-22)15-8-10-17(24)11-9-15/h3-12,14H,13H2,1-2H3,(H,25,32)(H,26,27,31)/t14-/m1/s1. The summed E-state index contributed by atoms with van der Waals surface area (Å²) in [5.74, 6) is 0.391. The lowest BCUT2D eigenvalue weighted by atomic mass is 10.2. The number of carbonyl (C=O) groups excluding carboxylic acids is 2. The first-order valence-electron chi connectivity index (χ1n) is 10.3. The Morgan fingerprint density at radius 2 is 1.85 bits per heavy atom. The maximum atomic E-state index is 12.4. The first-order chi connectivity index (χ1) is 16.4. The molecular weight excluding hydrogens is 536 g/mol. The van der Waals surface area contributed by atoms with Gasteiger partial charge in [0.2, 0.25) is 5.91 Å². The van der Waals surface area contributed by atoms with Gasteiger partial charge in [-0.2, -0.15) is 0 Å². The monoisotopic (exact) mass is 556 g/mol. The molecule has 4 rings (SSSR count). The molecule has 174 valence electrons. The molecule has 0 bridgehead atoms. The van der Waals surface area contributed by atoms with E-state index in [0.717, 1.165) is 15.7 Å². The normalized spacial score (nSPS) is 11.7. The molecule has 0 radical (unpaired) electrons. The summed E-state index contributed by atoms with van der Waals surface area (Å²) in [6.07, 6.45) is 0. The second kappa shape index (κ2) is 10.9. The molecule has 0 fully saturated rings. The Kier molecular flexibility index (Phi) is 7.76. The van der Waals surface area contributed by atoms with E-state index in [4.69, 9.17) is 0 Å². The molecule has 34 heavy (non-hydrogen) atoms. The van der Waals surface area contributed by atoms with Gasteiger partial charge in [0.1, 0.15) is 0 Å². The number of thiazole rings is 1. The van der Waals surface area contributed by atoms with Crippen LogP contribution in [-0.4, -0.2) is 37.3 Å². The summed E-state index contributed by atoms with van der Waals surface area (Å²) in [6, 6.07) is 16.5. The van der Waals surface area contributed by atoms with Crippen LogP contribution >= 0.6 is 39.0 Å². The molecule has 2 amide bonds. The second-order valence-corrected chi connectivity index (χ2v) is 10.1. The molecule has 0 aliphatic rings. The largest absolute Gasteiger partial charge is 0.342 e. The number of nitrogens with one attached hydrogen (secondary N) is 2. The van der Waals surface area contributed by atoms with Crippen LogP contribution in [0.2, 0.25) is 0 Å². The number of thioether (sulfide) groups is 1. The molecule has 8 nitrogen and oxygen atoms in total. The number of carbonyl (C=O) groups is 2. The molecule has 0 saturated carbocycles. The Balaban J connectivity index is 1.31. The fourth-order valence-electron chi connectivity index (χ4n) is 3.13. The van der Waals surface area contributed by atoms with Crippen molar-refractivity contribution in [3.8, 4) is 11.3 Å². The number of rotatable bonds is 8. The van der Waals surface area contributed by atoms with Crippen molar-refractivity contribution in [2.24, 2.45) is 7.05 Å². The number of anilines is 1. The average molecular weight is 557 g/mol. The van der Waals surface area contributed by atoms with E-state index in [1.807, 2.05) is 61.8 Å². The SMILES string of the molecule is C[C@@H](NC(=O)c1ccccc1)c1nnc(SCC(=O)Nc2nc(-c3ccc(Br)cc3)cs2)n1C. The van der Waals surface area contributed by atoms with E-state index in [1.54, 1.807) is 16.7 Å². The van der Waals surface area contributed by atoms with Gasteiger partial charge >= 0.3 is 0 Å². The minimum absolute atomic E-state index is 0.157. The maximum absolute atomic E-state index is 12.4. The third-order valence-electron chi connectivity index (χ3n) is 4.86. The molecule has 0 aliphatic carbocycles. The Labute approximate surface area is 213 Å². The van der Waals surface area contributed by atoms with E-state index >= 15 is 0 Å². The van der Waals surface area contributed by atoms with Gasteiger partial charge in [-0.15, -0.1) is 21.5 Å². The Bertz CT molecular complexity index is 1290. The van der Waals surface area contributed by atoms with Gasteiger partial charge < -0.3 is 15.2 Å². The number of aromatic nitrogens is 4. The minimum atomic E-state index is -0.347. The molecule has 0 saturated heterocycles. The van der Waals surface area contributed by atoms with E-state index in [-0.39, 0.29) is 23.6 Å². The van der Waals surface area contributed by atoms with Crippen LogP contribution in [0.4, 0.5) is 5.13 Å². The van der Waals surface area contributed by atoms with Gasteiger partial charge in [-0.05, 0) is 31.2 Å². The van der Waals surface area contributed by atoms with Crippen LogP contribution in [0.3, 0.4) is 0 Å². The molecule has 0 spiro atoms. The Morgan fingerprint density at radius 1 is 1.12 bits per heavy atom. The number of benzene rings is 2. The minimum Gasteiger partial charge on any atom is -0.342 e. The van der Waals surface area contributed by atoms with Crippen molar-refractivity contribution < 1.29 is 9.59 Å². The Morgan fingerprint density at radius 3 is 2.59 bits per heavy atom. The first-order valence-corrected chi connectivity index (χ1v) is 13.0. The second-order valence-electron chi connectivity index (χ2n) is 7.34. The summed E-state index contributed by atoms with van der Waals surface area (Å²) in [4.78, 5) is 29.3. The molecular formula is C23H21BrN6O2S2. The first kappa shape index (κ1) is 24.1. The van der Waals surface area contributed by atoms with Gasteiger partial charge in [0, 0.05) is 28.0 Å². The van der Waals surface area contributed by atoms with Crippen molar-refractivity contribution in [3.63, 3.8) is 0 Å². The highest BCUT2D eigenvalue weighted by Gasteiger charge is 2.19. The Hall–Kier alpha value is -3.02. The molecule has 2 heterocycles. The van der Waals surface area contributed by atoms with Crippen molar-refractivity contribution in [2.45, 2.75) is 18.1 Å². The fraction of sp³-hybridized carbons (Fsp3) is 0.174. The topological polar surface area (TPSA) is 102 Å². The van der Waals surface area contributed by atoms with Gasteiger partial charge in [-0.1, -0.05) is 58.0 Å². The molecule has 1 atom stereocenters. The van der Waals surface area contributed by atoms with Crippen LogP contribution in [0.1, 0.15) is 29.1 Å². The summed E-state index contributed by atoms with van der Waals surface area (Å²) < 4.78 is 2.78. The van der Waals surface area contributed by atoms with Crippen molar-refractivity contribution in [1.82, 2.24) is 25.1 Å². The summed E-state index contributed by atoms with van der Waals surface area (Å²) in [5.41, 5.74) is 2.37. The zero-order chi connectivity index (χ0) is 24.1. The van der Waals surface area contributed by atoms with Crippen molar-refractivity contribution in [1.29, 1.82) is 0 Å². The fourth-order valence-corrected chi connectivity index (χ4v) is 4.85. The van der Waals surface area contributed by atoms with Crippen LogP contribution in [0.5, 0.6) is 0 Å². The maximum Gasteiger partial charge on any atom is 0.251 e. The van der Waals surface area contributed by atoms with Crippen molar-refractivity contribution >= 4 is 56.0 Å². The van der Waals surface area contributed by atoms with E-state index in [9.17, 15) is 9.59 Å². The van der Waals surface area contributed by atoms with Gasteiger partial charge in [0.25, 0.3) is 5.91 Å². The van der Waals surface area contributed by atoms with Gasteiger partial charge in [0.15, 0.2) is 16.1 Å². The highest BCUT2D eigenvalue weighted by molar-refractivity contribution is 9.10. The predicted molar refractivity (Wildman–Crippen MR) is 138 cm³/mol. The lowest BCUT2D eigenvalue weighted by Crippen LogP contribution is -2.28. The summed E-state index contributed by atoms with van der Waals surface area (Å²) in [5, 5.41) is 17.2. The summed E-state index contributed by atoms with van der Waals surface area (Å²) in [6.45, 7) is 1.84. The number of nitrogens with zero attached hydrogens (tertiary/aromatic N) is 4. The zero-order valence-corrected chi connectivity index (χ0v) is 21.6. The highest BCUT2D eigenvalue weighted by Crippen LogP contribution is 2.26. The van der Waals surface area contributed by atoms with Crippen LogP contribution in [0, 0.1) is 0 Å². The molecule has 4 aromatic rings. The highest BCUT2D eigenvalue weighted by atomic mass is 79.9. The van der Waals surface area contributed by atoms with Crippen LogP contribution in [0.15, 0.2) is 69.6 Å². The van der Waals surface area contributed by atoms with Crippen molar-refractivity contribution in [2.75, 3.05) is 11.1 Å². The van der Waals surface area contributed by atoms with Gasteiger partial charge in [-0.3, -0.25) is 9.59 Å². The third-order valence-corrected chi connectivity index (χ3v) is 7.17. The average Bonchev–Trinajstić information content (AvgIpc) is 3.45. The van der Waals surface area contributed by atoms with E-state index in [2.05, 4.69) is 41.7 Å². The number of hydrogen-bond acceptors (Lipinski definition) is 7. The third kappa shape index (κ3) is 5.91. The van der Waals surface area contributed by atoms with Gasteiger partial charge in [0.05, 0.1) is 17.5 Å². The number of amides is 2. The number of halogens is 1. The zero-order valence-electron chi connectivity index (χ0n) is 18.4. The molecule has 2 N–H and O–H groups in total. The lowest BCUT2D eigenvalue weighted by Gasteiger charge is -2.13. The van der Waals surface area contributed by atoms with Crippen LogP contribution in [-0.2, 0) is 11.8 Å². The van der Waals surface area contributed by atoms with Crippen LogP contribution < -0.4 is 10.6 Å². The summed E-state index contributed by atoms with van der Waals surface area (Å²) >= 11 is 6.06. The quantitative estimate of drug-likeness (QED) is 0.298. The van der Waals surface area contributed by atoms with E-state index < -0.39 is 0 Å². The van der Waals surface area contributed by atoms with Crippen LogP contribution in [0.25, 0.3) is 11.3 Å². The molecule has 0 unspecified atom stereocenters. The number of hydrogen-bond donors (Lipinski definition) is 2. The van der Waals surface area contributed by atoms with Crippen molar-refractivity contribution in [3.05, 3.63) is 75.8 Å². The predicted octanol–water partition coefficient (Wildman–Crippen LogP) is 4.92. The molecule has 2 aromatic carbocycles. The lowest BCUT2D eigenvalue weighted by molar-refractivity contribution is -0.113. The van der Waals surface area contributed by atoms with Gasteiger partial charge in [-0.25, -0.2) is 4.98 Å². The van der Waals surface area contributed by atoms with E-state index in [1.165, 1.54) is 23.1 Å². The van der Waals surface area contributed by atoms with E-state index in [0.29, 0.717) is 21.7 Å². The molecule has 0 aliphatic heterocycles. The molecule has 2 aromatic heterocycles. The smallest absolute Gasteiger partial charge is 0.251 e.